The van der Waals surface area contributed by atoms with Crippen LogP contribution in [0.3, 0.4) is 0 Å². The summed E-state index contributed by atoms with van der Waals surface area (Å²) in [5, 5.41) is 19.3. The summed E-state index contributed by atoms with van der Waals surface area (Å²) >= 11 is 24.8. The standard InChI is InChI=1S/C40H25N3.C25H17BO2.C15H10ClN3.C6H5Br.C3Cl3N3/c1-3-13-26(14-4-1)37-41-38(27-15-5-2-6-16-27)43-39(42-37)28-23-24-32-31-19-9-12-22-35(31)40(36(32)25-28)33-20-10-7-17-29(33)30-18-8-11-21-34(30)40;27-26(28)16-13-14-20-19-9-3-6-12-23(19)25(24(20)15-16)21-10-4-1-7-17(21)18-8-2-5-11-22(18)25;16-15-18-13(11-7-3-1-4-8-11)17-14(19-15)12-9-5-2-6-10-12;7-6-4-2-1-3-5-6;4-1-7-2(5)9-3(6)8-1/h1-25H;1-15,27-28H;1-10H;1-5H;/i1D,2D,3D,4D,5D,6D,13D,14D,15D,16D;;1D,2D,3D,4D,5D,6D,7D,8D,9D,10D;1D,2D,3D,4D,5D;. The minimum atomic E-state index is -1.49. The van der Waals surface area contributed by atoms with Crippen LogP contribution in [0.15, 0.2) is 338 Å². The summed E-state index contributed by atoms with van der Waals surface area (Å²) < 4.78 is 199. The van der Waals surface area contributed by atoms with E-state index in [1.54, 1.807) is 0 Å². The largest absolute Gasteiger partial charge is 0.488 e. The van der Waals surface area contributed by atoms with Crippen LogP contribution >= 0.6 is 62.3 Å². The second-order valence-electron chi connectivity index (χ2n) is 23.4. The molecular formula is C89H57BBrCl4N9O2. The lowest BCUT2D eigenvalue weighted by Gasteiger charge is -2.30. The zero-order valence-electron chi connectivity index (χ0n) is 79.2. The Kier molecular flexibility index (Phi) is 12.9. The van der Waals surface area contributed by atoms with E-state index in [-0.39, 0.29) is 102 Å². The molecule has 0 fully saturated rings. The number of benzene rings is 13. The molecule has 106 heavy (non-hydrogen) atoms. The molecule has 20 rings (SSSR count). The first kappa shape index (κ1) is 45.7. The highest BCUT2D eigenvalue weighted by Gasteiger charge is 2.53. The van der Waals surface area contributed by atoms with Gasteiger partial charge in [-0.3, -0.25) is 0 Å². The van der Waals surface area contributed by atoms with Gasteiger partial charge in [-0.2, -0.15) is 24.9 Å². The summed E-state index contributed by atoms with van der Waals surface area (Å²) in [5.41, 5.74) is 16.9. The Balaban J connectivity index is 0.000000136. The number of hydrogen-bond donors (Lipinski definition) is 2. The molecule has 4 aliphatic rings. The van der Waals surface area contributed by atoms with E-state index in [2.05, 4.69) is 170 Å². The van der Waals surface area contributed by atoms with Crippen molar-refractivity contribution < 1.29 is 44.3 Å². The van der Waals surface area contributed by atoms with Crippen LogP contribution in [-0.4, -0.2) is 62.0 Å². The molecule has 508 valence electrons. The molecule has 13 aromatic carbocycles. The van der Waals surface area contributed by atoms with Gasteiger partial charge >= 0.3 is 7.12 Å². The van der Waals surface area contributed by atoms with Gasteiger partial charge in [0.05, 0.1) is 45.1 Å². The number of nitrogens with zero attached hydrogens (tertiary/aromatic N) is 9. The molecule has 0 saturated carbocycles. The van der Waals surface area contributed by atoms with Crippen LogP contribution in [0.1, 0.15) is 78.8 Å². The van der Waals surface area contributed by atoms with Gasteiger partial charge in [0.25, 0.3) is 0 Å². The van der Waals surface area contributed by atoms with Crippen molar-refractivity contribution in [3.8, 4) is 101 Å². The normalized spacial score (nSPS) is 15.7. The van der Waals surface area contributed by atoms with Crippen molar-refractivity contribution in [2.75, 3.05) is 0 Å². The van der Waals surface area contributed by atoms with Gasteiger partial charge in [-0.1, -0.05) is 331 Å². The predicted molar refractivity (Wildman–Crippen MR) is 430 cm³/mol. The number of halogens is 5. The molecule has 0 radical (unpaired) electrons. The van der Waals surface area contributed by atoms with Crippen LogP contribution in [-0.2, 0) is 10.8 Å². The van der Waals surface area contributed by atoms with Crippen molar-refractivity contribution in [1.29, 1.82) is 0 Å². The highest BCUT2D eigenvalue weighted by atomic mass is 79.9. The topological polar surface area (TPSA) is 156 Å². The zero-order valence-corrected chi connectivity index (χ0v) is 58.8. The second kappa shape index (κ2) is 29.9. The van der Waals surface area contributed by atoms with Crippen molar-refractivity contribution in [2.45, 2.75) is 10.8 Å². The van der Waals surface area contributed by atoms with E-state index in [1.165, 1.54) is 33.4 Å². The Morgan fingerprint density at radius 2 is 0.509 bits per heavy atom. The molecule has 0 unspecified atom stereocenters. The monoisotopic (exact) mass is 1540 g/mol. The molecule has 2 N–H and O–H groups in total. The molecular weight excluding hydrogens is 1460 g/mol. The van der Waals surface area contributed by atoms with E-state index in [0.29, 0.717) is 11.0 Å². The maximum absolute atomic E-state index is 9.85. The molecule has 17 heteroatoms. The van der Waals surface area contributed by atoms with E-state index in [1.807, 2.05) is 72.8 Å². The summed E-state index contributed by atoms with van der Waals surface area (Å²) in [6.07, 6.45) is 0. The van der Waals surface area contributed by atoms with Gasteiger partial charge < -0.3 is 10.0 Å². The van der Waals surface area contributed by atoms with Crippen LogP contribution < -0.4 is 5.46 Å². The molecule has 16 aromatic rings. The molecule has 0 saturated heterocycles. The molecule has 0 atom stereocenters. The highest BCUT2D eigenvalue weighted by Crippen LogP contribution is 2.64. The summed E-state index contributed by atoms with van der Waals surface area (Å²) in [6, 6.07) is 49.1. The quantitative estimate of drug-likeness (QED) is 0.153. The summed E-state index contributed by atoms with van der Waals surface area (Å²) in [5.74, 6) is -1.35. The lowest BCUT2D eigenvalue weighted by Crippen LogP contribution is -2.32. The van der Waals surface area contributed by atoms with Gasteiger partial charge in [-0.15, -0.1) is 0 Å². The van der Waals surface area contributed by atoms with Crippen LogP contribution in [0, 0.1) is 0 Å². The first-order chi connectivity index (χ1) is 62.3. The fourth-order valence-electron chi connectivity index (χ4n) is 13.8. The minimum absolute atomic E-state index is 0.000000000000000444. The molecule has 4 aliphatic carbocycles. The van der Waals surface area contributed by atoms with Crippen LogP contribution in [0.5, 0.6) is 0 Å². The van der Waals surface area contributed by atoms with Gasteiger partial charge in [-0.05, 0) is 159 Å². The molecule has 2 spiro atoms. The van der Waals surface area contributed by atoms with Crippen molar-refractivity contribution in [2.24, 2.45) is 0 Å². The van der Waals surface area contributed by atoms with E-state index in [4.69, 9.17) is 80.7 Å². The third-order valence-corrected chi connectivity index (χ3v) is 18.8. The SMILES string of the molecule is Clc1nc(Cl)nc(Cl)n1.OB(O)c1ccc2c(c1)C1(c3ccccc3-c3ccccc31)c1ccccc1-2.[2H]c1c([2H])c([2H])c(-c2nc(-c3ccc4c(c3)C3(c5ccccc5-c5ccccc53)c3ccccc3-4)nc(-c3c([2H])c([2H])c([2H])c([2H])c3[2H])n2)c([2H])c1[2H].[2H]c1c([2H])c([2H])c(-c2nc(Cl)nc(-c3c([2H])c([2H])c([2H])c([2H])c3[2H])n2)c([2H])c1[2H].[2H]c1c([2H])c([2H])c(Br)c([2H])c1[2H]. The van der Waals surface area contributed by atoms with Crippen LogP contribution in [0.2, 0.25) is 21.1 Å². The molecule has 11 nitrogen and oxygen atoms in total. The third-order valence-electron chi connectivity index (χ3n) is 17.7. The van der Waals surface area contributed by atoms with Crippen molar-refractivity contribution in [1.82, 2.24) is 44.9 Å². The van der Waals surface area contributed by atoms with Crippen molar-refractivity contribution >= 4 is 74.9 Å². The Morgan fingerprint density at radius 3 is 0.821 bits per heavy atom. The molecule has 0 bridgehead atoms. The predicted octanol–water partition coefficient (Wildman–Crippen LogP) is 21.1. The molecule has 3 heterocycles. The number of aromatic nitrogens is 9. The van der Waals surface area contributed by atoms with E-state index < -0.39 is 144 Å². The molecule has 0 aliphatic heterocycles. The third kappa shape index (κ3) is 13.0. The zero-order chi connectivity index (χ0) is 94.1. The number of fused-ring (bicyclic) bond motifs is 20. The Bertz CT molecular complexity index is 6990. The van der Waals surface area contributed by atoms with Gasteiger partial charge in [0.1, 0.15) is 0 Å². The summed E-state index contributed by atoms with van der Waals surface area (Å²) in [4.78, 5) is 35.8. The van der Waals surface area contributed by atoms with Gasteiger partial charge in [0, 0.05) is 32.3 Å². The minimum Gasteiger partial charge on any atom is -0.423 e. The fourth-order valence-corrected chi connectivity index (χ4v) is 14.8. The van der Waals surface area contributed by atoms with Gasteiger partial charge in [-0.25, -0.2) is 19.9 Å². The lowest BCUT2D eigenvalue weighted by molar-refractivity contribution is 0.425. The van der Waals surface area contributed by atoms with E-state index >= 15 is 0 Å². The average molecular weight is 1540 g/mol. The van der Waals surface area contributed by atoms with E-state index in [9.17, 15) is 10.0 Å². The summed E-state index contributed by atoms with van der Waals surface area (Å²) in [7, 11) is -1.49. The smallest absolute Gasteiger partial charge is 0.423 e. The van der Waals surface area contributed by atoms with Gasteiger partial charge in [0.15, 0.2) is 29.1 Å². The maximum atomic E-state index is 9.85. The maximum Gasteiger partial charge on any atom is 0.488 e. The molecule has 3 aromatic heterocycles. The first-order valence-electron chi connectivity index (χ1n) is 44.5. The van der Waals surface area contributed by atoms with Crippen LogP contribution in [0.25, 0.3) is 101 Å². The highest BCUT2D eigenvalue weighted by molar-refractivity contribution is 9.10. The van der Waals surface area contributed by atoms with E-state index in [0.717, 1.165) is 55.6 Å². The number of rotatable bonds is 6. The fraction of sp³-hybridized carbons (Fsp3) is 0.0225. The Hall–Kier alpha value is -11.5. The number of hydrogen-bond acceptors (Lipinski definition) is 11. The molecule has 0 amide bonds. The van der Waals surface area contributed by atoms with Gasteiger partial charge in [0.2, 0.25) is 21.1 Å². The lowest BCUT2D eigenvalue weighted by atomic mass is 9.68. The Morgan fingerprint density at radius 1 is 0.264 bits per heavy atom. The van der Waals surface area contributed by atoms with Crippen molar-refractivity contribution in [3.63, 3.8) is 0 Å². The Labute approximate surface area is 676 Å². The average Bonchev–Trinajstić information content (AvgIpc) is 1.51. The van der Waals surface area contributed by atoms with Crippen LogP contribution in [0.4, 0.5) is 0 Å². The second-order valence-corrected chi connectivity index (χ2v) is 25.5. The first-order valence-corrected chi connectivity index (χ1v) is 34.3. The summed E-state index contributed by atoms with van der Waals surface area (Å²) in [6.45, 7) is 0. The van der Waals surface area contributed by atoms with Crippen molar-refractivity contribution in [3.05, 3.63) is 403 Å².